The van der Waals surface area contributed by atoms with E-state index in [0.717, 1.165) is 6.08 Å². The molecular formula is C8H8N2O2S. The van der Waals surface area contributed by atoms with Gasteiger partial charge in [0.05, 0.1) is 0 Å². The minimum absolute atomic E-state index is 0.674. The summed E-state index contributed by atoms with van der Waals surface area (Å²) >= 11 is 1.44. The molecule has 0 radical (unpaired) electrons. The van der Waals surface area contributed by atoms with Crippen LogP contribution >= 0.6 is 11.8 Å². The molecule has 0 aliphatic carbocycles. The summed E-state index contributed by atoms with van der Waals surface area (Å²) in [6.07, 6.45) is 7.54. The number of hydrogen-bond donors (Lipinski definition) is 1. The number of hydrogen-bond acceptors (Lipinski definition) is 4. The molecule has 0 aliphatic rings. The Morgan fingerprint density at radius 3 is 2.62 bits per heavy atom. The Kier molecular flexibility index (Phi) is 3.45. The average molecular weight is 196 g/mol. The van der Waals surface area contributed by atoms with Crippen LogP contribution in [0.1, 0.15) is 5.56 Å². The van der Waals surface area contributed by atoms with Crippen LogP contribution in [0.5, 0.6) is 0 Å². The molecule has 0 fully saturated rings. The molecule has 0 unspecified atom stereocenters. The number of rotatable bonds is 3. The molecule has 0 aliphatic heterocycles. The Labute approximate surface area is 79.7 Å². The Morgan fingerprint density at radius 2 is 2.15 bits per heavy atom. The van der Waals surface area contributed by atoms with Crippen molar-refractivity contribution >= 4 is 23.8 Å². The van der Waals surface area contributed by atoms with Gasteiger partial charge in [0.1, 0.15) is 0 Å². The molecule has 0 bridgehead atoms. The second-order valence-electron chi connectivity index (χ2n) is 2.17. The summed E-state index contributed by atoms with van der Waals surface area (Å²) in [4.78, 5) is 18.1. The number of aliphatic carboxylic acids is 1. The lowest BCUT2D eigenvalue weighted by atomic mass is 10.3. The molecule has 1 heterocycles. The maximum absolute atomic E-state index is 10.2. The van der Waals surface area contributed by atoms with Crippen molar-refractivity contribution in [3.8, 4) is 0 Å². The first-order valence-corrected chi connectivity index (χ1v) is 4.72. The van der Waals surface area contributed by atoms with Crippen LogP contribution in [-0.2, 0) is 4.79 Å². The first-order valence-electron chi connectivity index (χ1n) is 3.49. The van der Waals surface area contributed by atoms with E-state index in [1.165, 1.54) is 17.8 Å². The molecule has 0 atom stereocenters. The predicted octanol–water partition coefficient (Wildman–Crippen LogP) is 1.30. The third kappa shape index (κ3) is 3.25. The van der Waals surface area contributed by atoms with Crippen LogP contribution in [0.4, 0.5) is 0 Å². The van der Waals surface area contributed by atoms with Gasteiger partial charge in [-0.05, 0) is 12.3 Å². The summed E-state index contributed by atoms with van der Waals surface area (Å²) in [6.45, 7) is 0. The van der Waals surface area contributed by atoms with Gasteiger partial charge in [0.15, 0.2) is 5.16 Å². The summed E-state index contributed by atoms with van der Waals surface area (Å²) in [6, 6.07) is 0. The van der Waals surface area contributed by atoms with Crippen LogP contribution in [-0.4, -0.2) is 27.3 Å². The summed E-state index contributed by atoms with van der Waals surface area (Å²) in [5, 5.41) is 9.02. The average Bonchev–Trinajstić information content (AvgIpc) is 2.15. The van der Waals surface area contributed by atoms with Crippen molar-refractivity contribution in [1.82, 2.24) is 9.97 Å². The van der Waals surface area contributed by atoms with Crippen LogP contribution in [0.3, 0.4) is 0 Å². The molecule has 0 aromatic carbocycles. The Balaban J connectivity index is 2.75. The summed E-state index contributed by atoms with van der Waals surface area (Å²) in [7, 11) is 0. The van der Waals surface area contributed by atoms with E-state index in [4.69, 9.17) is 5.11 Å². The van der Waals surface area contributed by atoms with Gasteiger partial charge in [0.2, 0.25) is 0 Å². The molecule has 1 rings (SSSR count). The van der Waals surface area contributed by atoms with E-state index in [2.05, 4.69) is 9.97 Å². The molecule has 0 amide bonds. The monoisotopic (exact) mass is 196 g/mol. The quantitative estimate of drug-likeness (QED) is 0.448. The Morgan fingerprint density at radius 1 is 1.54 bits per heavy atom. The van der Waals surface area contributed by atoms with Gasteiger partial charge in [-0.2, -0.15) is 0 Å². The number of carboxylic acid groups (broad SMARTS) is 1. The van der Waals surface area contributed by atoms with E-state index < -0.39 is 5.97 Å². The van der Waals surface area contributed by atoms with Crippen LogP contribution < -0.4 is 0 Å². The van der Waals surface area contributed by atoms with Crippen LogP contribution in [0.15, 0.2) is 23.6 Å². The highest BCUT2D eigenvalue weighted by Crippen LogP contribution is 2.07. The zero-order valence-electron chi connectivity index (χ0n) is 6.97. The normalized spacial score (nSPS) is 10.5. The van der Waals surface area contributed by atoms with Crippen molar-refractivity contribution in [2.75, 3.05) is 6.26 Å². The maximum Gasteiger partial charge on any atom is 0.328 e. The molecule has 4 nitrogen and oxygen atoms in total. The molecule has 0 spiro atoms. The Hall–Kier alpha value is -1.36. The molecule has 0 saturated heterocycles. The van der Waals surface area contributed by atoms with Gasteiger partial charge in [-0.15, -0.1) is 0 Å². The fourth-order valence-electron chi connectivity index (χ4n) is 0.685. The van der Waals surface area contributed by atoms with Gasteiger partial charge >= 0.3 is 5.97 Å². The lowest BCUT2D eigenvalue weighted by Gasteiger charge is -1.93. The lowest BCUT2D eigenvalue weighted by Crippen LogP contribution is -1.88. The second-order valence-corrected chi connectivity index (χ2v) is 2.95. The molecule has 1 N–H and O–H groups in total. The third-order valence-corrected chi connectivity index (χ3v) is 1.83. The van der Waals surface area contributed by atoms with Gasteiger partial charge in [0, 0.05) is 24.0 Å². The fourth-order valence-corrected chi connectivity index (χ4v) is 1.00. The molecule has 5 heteroatoms. The topological polar surface area (TPSA) is 63.1 Å². The SMILES string of the molecule is CSc1ncc(C=CC(=O)O)cn1. The van der Waals surface area contributed by atoms with E-state index >= 15 is 0 Å². The largest absolute Gasteiger partial charge is 0.478 e. The fraction of sp³-hybridized carbons (Fsp3) is 0.125. The van der Waals surface area contributed by atoms with E-state index in [9.17, 15) is 4.79 Å². The molecule has 1 aromatic rings. The van der Waals surface area contributed by atoms with Crippen LogP contribution in [0, 0.1) is 0 Å². The highest BCUT2D eigenvalue weighted by atomic mass is 32.2. The number of thioether (sulfide) groups is 1. The standard InChI is InChI=1S/C8H8N2O2S/c1-13-8-9-4-6(5-10-8)2-3-7(11)12/h2-5H,1H3,(H,11,12). The van der Waals surface area contributed by atoms with Crippen molar-refractivity contribution in [2.45, 2.75) is 5.16 Å². The molecule has 68 valence electrons. The van der Waals surface area contributed by atoms with E-state index in [0.29, 0.717) is 10.7 Å². The second kappa shape index (κ2) is 4.61. The summed E-state index contributed by atoms with van der Waals surface area (Å²) < 4.78 is 0. The first-order chi connectivity index (χ1) is 6.22. The predicted molar refractivity (Wildman–Crippen MR) is 50.5 cm³/mol. The zero-order valence-corrected chi connectivity index (χ0v) is 7.78. The smallest absolute Gasteiger partial charge is 0.328 e. The lowest BCUT2D eigenvalue weighted by molar-refractivity contribution is -0.131. The van der Waals surface area contributed by atoms with Gasteiger partial charge in [-0.1, -0.05) is 11.8 Å². The molecule has 1 aromatic heterocycles. The number of aromatic nitrogens is 2. The van der Waals surface area contributed by atoms with Crippen LogP contribution in [0.2, 0.25) is 0 Å². The third-order valence-electron chi connectivity index (χ3n) is 1.25. The van der Waals surface area contributed by atoms with Gasteiger partial charge in [0.25, 0.3) is 0 Å². The first kappa shape index (κ1) is 9.73. The number of carbonyl (C=O) groups is 1. The van der Waals surface area contributed by atoms with Crippen molar-refractivity contribution in [3.05, 3.63) is 24.0 Å². The van der Waals surface area contributed by atoms with E-state index in [1.807, 2.05) is 6.26 Å². The van der Waals surface area contributed by atoms with Crippen molar-refractivity contribution in [2.24, 2.45) is 0 Å². The summed E-state index contributed by atoms with van der Waals surface area (Å²) in [5.41, 5.74) is 0.681. The molecule has 13 heavy (non-hydrogen) atoms. The highest BCUT2D eigenvalue weighted by Gasteiger charge is 1.93. The Bertz CT molecular complexity index is 321. The van der Waals surface area contributed by atoms with E-state index in [-0.39, 0.29) is 0 Å². The number of nitrogens with zero attached hydrogens (tertiary/aromatic N) is 2. The van der Waals surface area contributed by atoms with Crippen molar-refractivity contribution < 1.29 is 9.90 Å². The van der Waals surface area contributed by atoms with Gasteiger partial charge < -0.3 is 5.11 Å². The van der Waals surface area contributed by atoms with Crippen molar-refractivity contribution in [1.29, 1.82) is 0 Å². The molecule has 0 saturated carbocycles. The zero-order chi connectivity index (χ0) is 9.68. The maximum atomic E-state index is 10.2. The van der Waals surface area contributed by atoms with Crippen LogP contribution in [0.25, 0.3) is 6.08 Å². The minimum Gasteiger partial charge on any atom is -0.478 e. The molecular weight excluding hydrogens is 188 g/mol. The van der Waals surface area contributed by atoms with Gasteiger partial charge in [-0.25, -0.2) is 14.8 Å². The van der Waals surface area contributed by atoms with E-state index in [1.54, 1.807) is 12.4 Å². The summed E-state index contributed by atoms with van der Waals surface area (Å²) in [5.74, 6) is -0.978. The highest BCUT2D eigenvalue weighted by molar-refractivity contribution is 7.98. The number of carboxylic acids is 1. The minimum atomic E-state index is -0.978. The van der Waals surface area contributed by atoms with Gasteiger partial charge in [-0.3, -0.25) is 0 Å². The van der Waals surface area contributed by atoms with Crippen molar-refractivity contribution in [3.63, 3.8) is 0 Å².